The standard InChI is InChI=1S/C23H30N4O4/c1-15(22(24)30)10-11-20(29)26-14-19(28)21-18(13-16-7-3-2-4-8-16)27-23(31-21)17-9-5-6-12-25-17/h5-6,9,12,15-16H,2-4,7-8,10-11,13-14H2,1H3,(H2,24,30)(H,26,29). The van der Waals surface area contributed by atoms with Gasteiger partial charge < -0.3 is 15.5 Å². The Morgan fingerprint density at radius 2 is 2.00 bits per heavy atom. The molecule has 1 atom stereocenters. The number of nitrogens with one attached hydrogen (secondary N) is 1. The van der Waals surface area contributed by atoms with Crippen molar-refractivity contribution in [2.75, 3.05) is 6.54 Å². The summed E-state index contributed by atoms with van der Waals surface area (Å²) < 4.78 is 5.83. The van der Waals surface area contributed by atoms with Crippen LogP contribution in [0.25, 0.3) is 11.6 Å². The van der Waals surface area contributed by atoms with Gasteiger partial charge in [-0.2, -0.15) is 0 Å². The van der Waals surface area contributed by atoms with E-state index in [0.29, 0.717) is 36.0 Å². The lowest BCUT2D eigenvalue weighted by atomic mass is 9.86. The van der Waals surface area contributed by atoms with Crippen LogP contribution in [0.4, 0.5) is 0 Å². The van der Waals surface area contributed by atoms with E-state index in [1.54, 1.807) is 25.3 Å². The van der Waals surface area contributed by atoms with Crippen LogP contribution in [0.15, 0.2) is 28.8 Å². The molecule has 2 aromatic rings. The summed E-state index contributed by atoms with van der Waals surface area (Å²) in [4.78, 5) is 44.9. The summed E-state index contributed by atoms with van der Waals surface area (Å²) in [6.45, 7) is 1.49. The minimum Gasteiger partial charge on any atom is -0.431 e. The van der Waals surface area contributed by atoms with Gasteiger partial charge in [-0.25, -0.2) is 4.98 Å². The third-order valence-corrected chi connectivity index (χ3v) is 5.78. The van der Waals surface area contributed by atoms with Gasteiger partial charge >= 0.3 is 0 Å². The van der Waals surface area contributed by atoms with Crippen LogP contribution in [0, 0.1) is 11.8 Å². The lowest BCUT2D eigenvalue weighted by Gasteiger charge is -2.20. The van der Waals surface area contributed by atoms with Gasteiger partial charge in [0, 0.05) is 18.5 Å². The minimum atomic E-state index is -0.444. The number of carbonyl (C=O) groups excluding carboxylic acids is 3. The summed E-state index contributed by atoms with van der Waals surface area (Å²) in [5.74, 6) is -0.476. The number of aromatic nitrogens is 2. The van der Waals surface area contributed by atoms with Crippen LogP contribution in [-0.2, 0) is 16.0 Å². The fourth-order valence-electron chi connectivity index (χ4n) is 3.81. The molecule has 1 fully saturated rings. The Bertz CT molecular complexity index is 904. The van der Waals surface area contributed by atoms with E-state index in [0.717, 1.165) is 12.8 Å². The summed E-state index contributed by atoms with van der Waals surface area (Å²) in [5.41, 5.74) is 6.41. The van der Waals surface area contributed by atoms with Crippen molar-refractivity contribution >= 4 is 17.6 Å². The van der Waals surface area contributed by atoms with E-state index in [2.05, 4.69) is 15.3 Å². The van der Waals surface area contributed by atoms with Gasteiger partial charge in [-0.1, -0.05) is 45.1 Å². The molecule has 3 rings (SSSR count). The van der Waals surface area contributed by atoms with Gasteiger partial charge in [0.25, 0.3) is 0 Å². The zero-order chi connectivity index (χ0) is 22.2. The number of hydrogen-bond donors (Lipinski definition) is 2. The lowest BCUT2D eigenvalue weighted by Crippen LogP contribution is -2.31. The Balaban J connectivity index is 1.68. The molecule has 1 aliphatic rings. The van der Waals surface area contributed by atoms with Crippen molar-refractivity contribution in [3.63, 3.8) is 0 Å². The number of primary amides is 1. The number of nitrogens with two attached hydrogens (primary N) is 1. The van der Waals surface area contributed by atoms with Crippen molar-refractivity contribution in [3.8, 4) is 11.6 Å². The number of amides is 2. The van der Waals surface area contributed by atoms with Crippen LogP contribution in [0.2, 0.25) is 0 Å². The average molecular weight is 427 g/mol. The van der Waals surface area contributed by atoms with E-state index < -0.39 is 11.8 Å². The van der Waals surface area contributed by atoms with Crippen molar-refractivity contribution < 1.29 is 18.8 Å². The summed E-state index contributed by atoms with van der Waals surface area (Å²) in [6.07, 6.45) is 8.67. The molecule has 0 aromatic carbocycles. The number of ketones is 1. The molecule has 0 radical (unpaired) electrons. The highest BCUT2D eigenvalue weighted by Gasteiger charge is 2.25. The third kappa shape index (κ3) is 6.47. The van der Waals surface area contributed by atoms with Gasteiger partial charge in [-0.15, -0.1) is 0 Å². The monoisotopic (exact) mass is 426 g/mol. The zero-order valence-electron chi connectivity index (χ0n) is 17.9. The molecule has 8 heteroatoms. The van der Waals surface area contributed by atoms with Crippen LogP contribution >= 0.6 is 0 Å². The van der Waals surface area contributed by atoms with Crippen molar-refractivity contribution in [1.82, 2.24) is 15.3 Å². The second kappa shape index (κ2) is 10.8. The van der Waals surface area contributed by atoms with E-state index in [4.69, 9.17) is 10.2 Å². The number of hydrogen-bond acceptors (Lipinski definition) is 6. The molecular weight excluding hydrogens is 396 g/mol. The molecule has 1 aliphatic carbocycles. The fraction of sp³-hybridized carbons (Fsp3) is 0.522. The molecule has 31 heavy (non-hydrogen) atoms. The first kappa shape index (κ1) is 22.7. The molecule has 2 heterocycles. The molecule has 0 aliphatic heterocycles. The average Bonchev–Trinajstić information content (AvgIpc) is 3.20. The van der Waals surface area contributed by atoms with Crippen molar-refractivity contribution in [2.45, 2.75) is 58.3 Å². The number of rotatable bonds is 10. The van der Waals surface area contributed by atoms with Crippen LogP contribution in [0.5, 0.6) is 0 Å². The zero-order valence-corrected chi connectivity index (χ0v) is 17.9. The van der Waals surface area contributed by atoms with Gasteiger partial charge in [-0.05, 0) is 30.9 Å². The SMILES string of the molecule is CC(CCC(=O)NCC(=O)c1oc(-c2ccccn2)nc1CC1CCCCC1)C(N)=O. The molecule has 0 spiro atoms. The van der Waals surface area contributed by atoms with Crippen LogP contribution in [0.1, 0.15) is 68.1 Å². The highest BCUT2D eigenvalue weighted by Crippen LogP contribution is 2.29. The fourth-order valence-corrected chi connectivity index (χ4v) is 3.81. The van der Waals surface area contributed by atoms with Gasteiger partial charge in [0.05, 0.1) is 12.2 Å². The Morgan fingerprint density at radius 3 is 2.68 bits per heavy atom. The third-order valence-electron chi connectivity index (χ3n) is 5.78. The van der Waals surface area contributed by atoms with E-state index in [1.807, 2.05) is 6.07 Å². The largest absolute Gasteiger partial charge is 0.431 e. The highest BCUT2D eigenvalue weighted by atomic mass is 16.4. The quantitative estimate of drug-likeness (QED) is 0.562. The lowest BCUT2D eigenvalue weighted by molar-refractivity contribution is -0.123. The summed E-state index contributed by atoms with van der Waals surface area (Å²) in [7, 11) is 0. The number of pyridine rings is 1. The summed E-state index contributed by atoms with van der Waals surface area (Å²) in [6, 6.07) is 5.42. The predicted octanol–water partition coefficient (Wildman–Crippen LogP) is 3.06. The van der Waals surface area contributed by atoms with Gasteiger partial charge in [0.2, 0.25) is 23.5 Å². The Hall–Kier alpha value is -3.03. The van der Waals surface area contributed by atoms with Crippen molar-refractivity contribution in [1.29, 1.82) is 0 Å². The first-order valence-electron chi connectivity index (χ1n) is 10.9. The molecular formula is C23H30N4O4. The maximum absolute atomic E-state index is 12.9. The van der Waals surface area contributed by atoms with Gasteiger partial charge in [0.1, 0.15) is 5.69 Å². The Labute approximate surface area is 182 Å². The van der Waals surface area contributed by atoms with Gasteiger partial charge in [-0.3, -0.25) is 19.4 Å². The Kier molecular flexibility index (Phi) is 7.92. The second-order valence-electron chi connectivity index (χ2n) is 8.26. The Morgan fingerprint density at radius 1 is 1.23 bits per heavy atom. The molecule has 3 N–H and O–H groups in total. The molecule has 166 valence electrons. The van der Waals surface area contributed by atoms with Crippen LogP contribution < -0.4 is 11.1 Å². The number of oxazole rings is 1. The minimum absolute atomic E-state index is 0.127. The molecule has 8 nitrogen and oxygen atoms in total. The maximum Gasteiger partial charge on any atom is 0.246 e. The number of carbonyl (C=O) groups is 3. The maximum atomic E-state index is 12.9. The normalized spacial score (nSPS) is 15.4. The first-order chi connectivity index (χ1) is 14.9. The molecule has 0 saturated heterocycles. The summed E-state index contributed by atoms with van der Waals surface area (Å²) in [5, 5.41) is 2.61. The molecule has 1 saturated carbocycles. The van der Waals surface area contributed by atoms with Crippen molar-refractivity contribution in [3.05, 3.63) is 35.9 Å². The molecule has 1 unspecified atom stereocenters. The first-order valence-corrected chi connectivity index (χ1v) is 10.9. The summed E-state index contributed by atoms with van der Waals surface area (Å²) >= 11 is 0. The number of Topliss-reactive ketones (excluding diaryl/α,β-unsaturated/α-hetero) is 1. The van der Waals surface area contributed by atoms with E-state index in [-0.39, 0.29) is 30.4 Å². The molecule has 0 bridgehead atoms. The van der Waals surface area contributed by atoms with Gasteiger partial charge in [0.15, 0.2) is 5.76 Å². The predicted molar refractivity (Wildman–Crippen MR) is 115 cm³/mol. The van der Waals surface area contributed by atoms with Crippen LogP contribution in [0.3, 0.4) is 0 Å². The van der Waals surface area contributed by atoms with E-state index >= 15 is 0 Å². The topological polar surface area (TPSA) is 128 Å². The second-order valence-corrected chi connectivity index (χ2v) is 8.26. The number of nitrogens with zero attached hydrogens (tertiary/aromatic N) is 2. The van der Waals surface area contributed by atoms with Crippen molar-refractivity contribution in [2.24, 2.45) is 17.6 Å². The highest BCUT2D eigenvalue weighted by molar-refractivity contribution is 5.98. The van der Waals surface area contributed by atoms with Crippen LogP contribution in [-0.4, -0.2) is 34.1 Å². The van der Waals surface area contributed by atoms with E-state index in [1.165, 1.54) is 19.3 Å². The van der Waals surface area contributed by atoms with E-state index in [9.17, 15) is 14.4 Å². The smallest absolute Gasteiger partial charge is 0.246 e. The molecule has 2 aromatic heterocycles. The molecule has 2 amide bonds.